The van der Waals surface area contributed by atoms with Crippen LogP contribution in [0.25, 0.3) is 10.9 Å². The number of fused-ring (bicyclic) bond motifs is 1. The Kier molecular flexibility index (Phi) is 8.49. The first-order valence-electron chi connectivity index (χ1n) is 10.6. The van der Waals surface area contributed by atoms with Crippen LogP contribution in [0.15, 0.2) is 42.5 Å². The molecule has 8 heteroatoms. The van der Waals surface area contributed by atoms with Crippen molar-refractivity contribution < 1.29 is 23.8 Å². The van der Waals surface area contributed by atoms with Crippen LogP contribution in [0.4, 0.5) is 0 Å². The largest absolute Gasteiger partial charge is 0.497 e. The molecule has 0 saturated carbocycles. The number of methoxy groups -OCH3 is 3. The first-order chi connectivity index (χ1) is 15.9. The van der Waals surface area contributed by atoms with Crippen LogP contribution < -0.4 is 4.74 Å². The summed E-state index contributed by atoms with van der Waals surface area (Å²) in [5, 5.41) is 1.37. The van der Waals surface area contributed by atoms with Crippen LogP contribution >= 0.6 is 11.6 Å². The van der Waals surface area contributed by atoms with E-state index in [2.05, 4.69) is 0 Å². The maximum Gasteiger partial charge on any atom is 0.262 e. The topological polar surface area (TPSA) is 70.0 Å². The minimum atomic E-state index is -0.186. The molecule has 176 valence electrons. The molecule has 7 nitrogen and oxygen atoms in total. The van der Waals surface area contributed by atoms with E-state index in [0.29, 0.717) is 48.3 Å². The predicted molar refractivity (Wildman–Crippen MR) is 128 cm³/mol. The van der Waals surface area contributed by atoms with Gasteiger partial charge in [0.25, 0.3) is 5.91 Å². The molecule has 0 atom stereocenters. The molecule has 1 aromatic heterocycles. The van der Waals surface area contributed by atoms with Crippen LogP contribution in [0.1, 0.15) is 21.6 Å². The van der Waals surface area contributed by atoms with Gasteiger partial charge in [-0.15, -0.1) is 0 Å². The lowest BCUT2D eigenvalue weighted by atomic mass is 10.1. The second-order valence-corrected chi connectivity index (χ2v) is 8.07. The highest BCUT2D eigenvalue weighted by Crippen LogP contribution is 2.31. The third-order valence-corrected chi connectivity index (χ3v) is 5.90. The summed E-state index contributed by atoms with van der Waals surface area (Å²) in [6, 6.07) is 12.3. The third kappa shape index (κ3) is 5.55. The smallest absolute Gasteiger partial charge is 0.262 e. The fraction of sp³-hybridized carbons (Fsp3) is 0.360. The molecule has 0 bridgehead atoms. The van der Waals surface area contributed by atoms with Crippen molar-refractivity contribution in [1.82, 2.24) is 9.47 Å². The molecule has 0 unspecified atom stereocenters. The van der Waals surface area contributed by atoms with Crippen molar-refractivity contribution in [1.29, 1.82) is 0 Å². The fourth-order valence-corrected chi connectivity index (χ4v) is 3.95. The minimum absolute atomic E-state index is 0.0620. The lowest BCUT2D eigenvalue weighted by molar-refractivity contribution is -0.131. The number of halogens is 1. The van der Waals surface area contributed by atoms with Crippen molar-refractivity contribution in [3.05, 3.63) is 64.3 Å². The van der Waals surface area contributed by atoms with Gasteiger partial charge in [-0.1, -0.05) is 11.6 Å². The lowest BCUT2D eigenvalue weighted by Gasteiger charge is -2.22. The minimum Gasteiger partial charge on any atom is -0.497 e. The van der Waals surface area contributed by atoms with Crippen LogP contribution in [0.5, 0.6) is 5.75 Å². The van der Waals surface area contributed by atoms with Gasteiger partial charge >= 0.3 is 0 Å². The quantitative estimate of drug-likeness (QED) is 0.446. The summed E-state index contributed by atoms with van der Waals surface area (Å²) in [5.41, 5.74) is 2.73. The van der Waals surface area contributed by atoms with Gasteiger partial charge in [-0.3, -0.25) is 14.2 Å². The number of aromatic nitrogens is 1. The monoisotopic (exact) mass is 472 g/mol. The summed E-state index contributed by atoms with van der Waals surface area (Å²) in [6.45, 7) is 3.64. The van der Waals surface area contributed by atoms with E-state index in [1.54, 1.807) is 55.1 Å². The molecule has 1 heterocycles. The molecular formula is C25H29ClN2O5. The molecule has 0 aliphatic carbocycles. The SMILES string of the molecule is COCCN(CCOC)C(=O)Cc1c(C)n(C(=O)c2ccc(Cl)cc2)c2ccc(OC)cc12. The molecule has 0 radical (unpaired) electrons. The summed E-state index contributed by atoms with van der Waals surface area (Å²) in [5.74, 6) is 0.407. The van der Waals surface area contributed by atoms with Gasteiger partial charge in [0, 0.05) is 49.0 Å². The molecule has 2 aromatic carbocycles. The summed E-state index contributed by atoms with van der Waals surface area (Å²) in [6.07, 6.45) is 0.143. The second kappa shape index (κ2) is 11.3. The molecule has 0 aliphatic rings. The van der Waals surface area contributed by atoms with Crippen molar-refractivity contribution in [2.45, 2.75) is 13.3 Å². The zero-order valence-electron chi connectivity index (χ0n) is 19.4. The van der Waals surface area contributed by atoms with E-state index in [1.165, 1.54) is 0 Å². The van der Waals surface area contributed by atoms with E-state index in [4.69, 9.17) is 25.8 Å². The molecular weight excluding hydrogens is 444 g/mol. The highest BCUT2D eigenvalue weighted by Gasteiger charge is 2.24. The van der Waals surface area contributed by atoms with Crippen LogP contribution in [0, 0.1) is 6.92 Å². The zero-order valence-corrected chi connectivity index (χ0v) is 20.1. The van der Waals surface area contributed by atoms with Crippen LogP contribution in [-0.2, 0) is 20.7 Å². The van der Waals surface area contributed by atoms with Crippen molar-refractivity contribution >= 4 is 34.3 Å². The summed E-state index contributed by atoms with van der Waals surface area (Å²) in [4.78, 5) is 28.4. The maximum atomic E-state index is 13.4. The predicted octanol–water partition coefficient (Wildman–Crippen LogP) is 3.96. The van der Waals surface area contributed by atoms with E-state index in [0.717, 1.165) is 16.5 Å². The van der Waals surface area contributed by atoms with Crippen LogP contribution in [0.3, 0.4) is 0 Å². The van der Waals surface area contributed by atoms with Gasteiger partial charge in [0.2, 0.25) is 5.91 Å². The third-order valence-electron chi connectivity index (χ3n) is 5.65. The summed E-state index contributed by atoms with van der Waals surface area (Å²) in [7, 11) is 4.79. The average Bonchev–Trinajstić information content (AvgIpc) is 3.09. The molecule has 33 heavy (non-hydrogen) atoms. The maximum absolute atomic E-state index is 13.4. The number of ether oxygens (including phenoxy) is 3. The Hall–Kier alpha value is -2.87. The van der Waals surface area contributed by atoms with Gasteiger partial charge in [0.1, 0.15) is 5.75 Å². The fourth-order valence-electron chi connectivity index (χ4n) is 3.82. The number of hydrogen-bond donors (Lipinski definition) is 0. The van der Waals surface area contributed by atoms with Gasteiger partial charge in [0.05, 0.1) is 32.3 Å². The molecule has 0 N–H and O–H groups in total. The number of nitrogens with zero attached hydrogens (tertiary/aromatic N) is 2. The van der Waals surface area contributed by atoms with Gasteiger partial charge in [-0.05, 0) is 55.0 Å². The Morgan fingerprint density at radius 1 is 0.970 bits per heavy atom. The first-order valence-corrected chi connectivity index (χ1v) is 11.0. The van der Waals surface area contributed by atoms with E-state index >= 15 is 0 Å². The van der Waals surface area contributed by atoms with Crippen LogP contribution in [-0.4, -0.2) is 68.9 Å². The highest BCUT2D eigenvalue weighted by molar-refractivity contribution is 6.30. The van der Waals surface area contributed by atoms with Crippen molar-refractivity contribution in [2.24, 2.45) is 0 Å². The average molecular weight is 473 g/mol. The van der Waals surface area contributed by atoms with Gasteiger partial charge < -0.3 is 19.1 Å². The summed E-state index contributed by atoms with van der Waals surface area (Å²) < 4.78 is 17.4. The molecule has 3 rings (SSSR count). The van der Waals surface area contributed by atoms with Gasteiger partial charge in [-0.25, -0.2) is 0 Å². The van der Waals surface area contributed by atoms with Crippen molar-refractivity contribution in [3.63, 3.8) is 0 Å². The Labute approximate surface area is 198 Å². The number of carbonyl (C=O) groups excluding carboxylic acids is 2. The normalized spacial score (nSPS) is 11.1. The summed E-state index contributed by atoms with van der Waals surface area (Å²) >= 11 is 5.99. The molecule has 0 fully saturated rings. The molecule has 1 amide bonds. The van der Waals surface area contributed by atoms with Gasteiger partial charge in [-0.2, -0.15) is 0 Å². The lowest BCUT2D eigenvalue weighted by Crippen LogP contribution is -2.37. The molecule has 0 spiro atoms. The van der Waals surface area contributed by atoms with E-state index in [1.807, 2.05) is 25.1 Å². The number of rotatable bonds is 10. The standard InChI is InChI=1S/C25H29ClN2O5/c1-17-21(16-24(29)27(11-13-31-2)12-14-32-3)22-15-20(33-4)9-10-23(22)28(17)25(30)18-5-7-19(26)8-6-18/h5-10,15H,11-14,16H2,1-4H3. The first kappa shape index (κ1) is 24.8. The zero-order chi connectivity index (χ0) is 24.0. The molecule has 3 aromatic rings. The number of benzene rings is 2. The number of carbonyl (C=O) groups is 2. The van der Waals surface area contributed by atoms with E-state index in [9.17, 15) is 9.59 Å². The van der Waals surface area contributed by atoms with Crippen molar-refractivity contribution in [3.8, 4) is 5.75 Å². The Bertz CT molecular complexity index is 1120. The number of hydrogen-bond acceptors (Lipinski definition) is 5. The van der Waals surface area contributed by atoms with E-state index < -0.39 is 0 Å². The Balaban J connectivity index is 2.05. The van der Waals surface area contributed by atoms with Gasteiger partial charge in [0.15, 0.2) is 0 Å². The van der Waals surface area contributed by atoms with Crippen LogP contribution in [0.2, 0.25) is 5.02 Å². The number of amides is 1. The Morgan fingerprint density at radius 3 is 2.18 bits per heavy atom. The Morgan fingerprint density at radius 2 is 1.61 bits per heavy atom. The molecule has 0 aliphatic heterocycles. The highest BCUT2D eigenvalue weighted by atomic mass is 35.5. The second-order valence-electron chi connectivity index (χ2n) is 7.64. The molecule has 0 saturated heterocycles. The van der Waals surface area contributed by atoms with Crippen molar-refractivity contribution in [2.75, 3.05) is 47.6 Å². The van der Waals surface area contributed by atoms with E-state index in [-0.39, 0.29) is 18.2 Å².